The number of aryl methyl sites for hydroxylation is 1. The fraction of sp³-hybridized carbons (Fsp3) is 0.381. The molecule has 3 aromatic rings. The lowest BCUT2D eigenvalue weighted by Crippen LogP contribution is -2.65. The molecule has 5 rings (SSSR count). The third-order valence-electron chi connectivity index (χ3n) is 6.91. The van der Waals surface area contributed by atoms with E-state index >= 15 is 4.39 Å². The summed E-state index contributed by atoms with van der Waals surface area (Å²) in [5, 5.41) is 3.42. The average Bonchev–Trinajstić information content (AvgIpc) is 2.75. The summed E-state index contributed by atoms with van der Waals surface area (Å²) in [6.45, 7) is 2.55. The van der Waals surface area contributed by atoms with E-state index in [1.807, 2.05) is 43.2 Å². The second-order valence-electron chi connectivity index (χ2n) is 9.94. The third kappa shape index (κ3) is 3.90. The minimum atomic E-state index is -1.24. The van der Waals surface area contributed by atoms with E-state index in [0.29, 0.717) is 41.7 Å². The monoisotopic (exact) mass is 460 g/mol. The lowest BCUT2D eigenvalue weighted by atomic mass is 9.41. The second-order valence-corrected chi connectivity index (χ2v) is 9.94. The summed E-state index contributed by atoms with van der Waals surface area (Å²) in [7, 11) is 7.93. The molecule has 2 aromatic heterocycles. The van der Waals surface area contributed by atoms with Crippen molar-refractivity contribution < 1.29 is 18.6 Å². The highest BCUT2D eigenvalue weighted by Crippen LogP contribution is 2.41. The maximum absolute atomic E-state index is 15.2. The fourth-order valence-electron chi connectivity index (χ4n) is 4.26. The highest BCUT2D eigenvalue weighted by molar-refractivity contribution is 6.53. The van der Waals surface area contributed by atoms with Crippen LogP contribution in [0.4, 0.5) is 10.2 Å². The number of aromatic nitrogens is 3. The van der Waals surface area contributed by atoms with Crippen LogP contribution in [0.1, 0.15) is 12.0 Å². The van der Waals surface area contributed by atoms with Crippen molar-refractivity contribution in [3.05, 3.63) is 52.4 Å². The van der Waals surface area contributed by atoms with Gasteiger partial charge in [0.2, 0.25) is 0 Å². The van der Waals surface area contributed by atoms with E-state index in [9.17, 15) is 4.79 Å². The summed E-state index contributed by atoms with van der Waals surface area (Å²) in [4.78, 5) is 18.2. The van der Waals surface area contributed by atoms with E-state index in [0.717, 1.165) is 5.56 Å². The quantitative estimate of drug-likeness (QED) is 0.420. The first kappa shape index (κ1) is 22.7. The molecule has 0 spiro atoms. The molecular formula is C21H25B4FN4O4. The van der Waals surface area contributed by atoms with E-state index < -0.39 is 23.1 Å². The lowest BCUT2D eigenvalue weighted by Gasteiger charge is -2.47. The highest BCUT2D eigenvalue weighted by atomic mass is 19.1. The van der Waals surface area contributed by atoms with Crippen molar-refractivity contribution in [1.29, 1.82) is 0 Å². The molecule has 4 heterocycles. The smallest absolute Gasteiger partial charge is 0.274 e. The third-order valence-corrected chi connectivity index (χ3v) is 6.91. The summed E-state index contributed by atoms with van der Waals surface area (Å²) in [6, 6.07) is 8.49. The fourth-order valence-corrected chi connectivity index (χ4v) is 4.26. The standard InChI is InChI=1S/C21H25B4FN4O4/c1-11-8-17-27-6-4-18(31)30(17)28-19(11)29-7-5-14(13(26)10-29)32-12-2-3-15-16(9-12)34-21(24,25)20(22,23)33-15/h2-4,6,8-9,13-14H,5,7,10,22-25H2,1H3/t13-,14+/m1/s1. The summed E-state index contributed by atoms with van der Waals surface area (Å²) in [6.07, 6.45) is 0.0849. The summed E-state index contributed by atoms with van der Waals surface area (Å²) < 4.78 is 34.8. The van der Waals surface area contributed by atoms with Gasteiger partial charge < -0.3 is 19.1 Å². The number of ether oxygens (including phenoxy) is 3. The zero-order chi connectivity index (χ0) is 24.3. The van der Waals surface area contributed by atoms with Crippen LogP contribution < -0.4 is 24.7 Å². The normalized spacial score (nSPS) is 22.9. The molecule has 2 aliphatic rings. The Morgan fingerprint density at radius 3 is 2.59 bits per heavy atom. The Labute approximate surface area is 200 Å². The van der Waals surface area contributed by atoms with Crippen molar-refractivity contribution in [2.45, 2.75) is 36.4 Å². The van der Waals surface area contributed by atoms with Gasteiger partial charge in [-0.3, -0.25) is 4.79 Å². The number of anilines is 1. The number of nitrogens with zero attached hydrogens (tertiary/aromatic N) is 4. The Morgan fingerprint density at radius 2 is 1.85 bits per heavy atom. The van der Waals surface area contributed by atoms with Crippen LogP contribution >= 0.6 is 0 Å². The van der Waals surface area contributed by atoms with Crippen LogP contribution in [0.5, 0.6) is 17.2 Å². The molecule has 2 atom stereocenters. The Bertz CT molecular complexity index is 1320. The number of rotatable bonds is 3. The molecule has 1 saturated heterocycles. The van der Waals surface area contributed by atoms with Crippen molar-refractivity contribution in [2.75, 3.05) is 18.0 Å². The molecule has 0 saturated carbocycles. The van der Waals surface area contributed by atoms with Crippen molar-refractivity contribution in [3.8, 4) is 17.2 Å². The van der Waals surface area contributed by atoms with Crippen LogP contribution in [0, 0.1) is 6.92 Å². The molecule has 0 amide bonds. The minimum absolute atomic E-state index is 0.116. The topological polar surface area (TPSA) is 78.2 Å². The number of piperidine rings is 1. The molecule has 1 fully saturated rings. The number of hydrogen-bond acceptors (Lipinski definition) is 7. The van der Waals surface area contributed by atoms with Gasteiger partial charge in [-0.1, -0.05) is 0 Å². The predicted octanol–water partition coefficient (Wildman–Crippen LogP) is -2.00. The van der Waals surface area contributed by atoms with Gasteiger partial charge in [-0.15, -0.1) is 5.10 Å². The maximum atomic E-state index is 15.2. The van der Waals surface area contributed by atoms with Crippen molar-refractivity contribution >= 4 is 42.9 Å². The van der Waals surface area contributed by atoms with Crippen LogP contribution in [0.3, 0.4) is 0 Å². The molecular weight excluding hydrogens is 435 g/mol. The molecule has 0 unspecified atom stereocenters. The van der Waals surface area contributed by atoms with Gasteiger partial charge in [0, 0.05) is 31.3 Å². The summed E-state index contributed by atoms with van der Waals surface area (Å²) in [5.41, 5.74) is 1.03. The molecule has 13 heteroatoms. The van der Waals surface area contributed by atoms with Crippen molar-refractivity contribution in [1.82, 2.24) is 14.6 Å². The molecule has 0 radical (unpaired) electrons. The SMILES string of the molecule is BC1(B)Oc2ccc(O[C@H]3CCN(c4nn5c(=O)ccnc5cc4C)C[C@H]3F)cc2OC1(B)B. The number of fused-ring (bicyclic) bond motifs is 2. The van der Waals surface area contributed by atoms with Crippen LogP contribution in [-0.4, -0.2) is 82.1 Å². The van der Waals surface area contributed by atoms with Crippen molar-refractivity contribution in [3.63, 3.8) is 0 Å². The molecule has 172 valence electrons. The van der Waals surface area contributed by atoms with Crippen LogP contribution in [-0.2, 0) is 0 Å². The van der Waals surface area contributed by atoms with E-state index in [4.69, 9.17) is 14.2 Å². The van der Waals surface area contributed by atoms with Gasteiger partial charge in [0.1, 0.15) is 43.2 Å². The Morgan fingerprint density at radius 1 is 1.12 bits per heavy atom. The average molecular weight is 460 g/mol. The molecule has 0 bridgehead atoms. The number of alkyl halides is 1. The number of halogens is 1. The largest absolute Gasteiger partial charge is 0.499 e. The van der Waals surface area contributed by atoms with Gasteiger partial charge in [-0.2, -0.15) is 4.52 Å². The van der Waals surface area contributed by atoms with Crippen LogP contribution in [0.15, 0.2) is 41.3 Å². The number of hydrogen-bond donors (Lipinski definition) is 0. The molecule has 1 aromatic carbocycles. The summed E-state index contributed by atoms with van der Waals surface area (Å²) >= 11 is 0. The molecule has 0 N–H and O–H groups in total. The van der Waals surface area contributed by atoms with E-state index in [2.05, 4.69) is 10.1 Å². The minimum Gasteiger partial charge on any atom is -0.499 e. The van der Waals surface area contributed by atoms with Crippen LogP contribution in [0.2, 0.25) is 0 Å². The van der Waals surface area contributed by atoms with Gasteiger partial charge in [-0.05, 0) is 30.7 Å². The van der Waals surface area contributed by atoms with E-state index in [-0.39, 0.29) is 12.1 Å². The van der Waals surface area contributed by atoms with Gasteiger partial charge >= 0.3 is 0 Å². The van der Waals surface area contributed by atoms with Gasteiger partial charge in [0.05, 0.1) is 17.3 Å². The zero-order valence-corrected chi connectivity index (χ0v) is 20.0. The maximum Gasteiger partial charge on any atom is 0.274 e. The Balaban J connectivity index is 1.31. The first-order chi connectivity index (χ1) is 16.0. The molecule has 8 nitrogen and oxygen atoms in total. The molecule has 2 aliphatic heterocycles. The van der Waals surface area contributed by atoms with Gasteiger partial charge in [0.15, 0.2) is 29.1 Å². The van der Waals surface area contributed by atoms with Gasteiger partial charge in [-0.25, -0.2) is 9.37 Å². The first-order valence-electron chi connectivity index (χ1n) is 11.5. The molecule has 34 heavy (non-hydrogen) atoms. The number of benzene rings is 1. The highest BCUT2D eigenvalue weighted by Gasteiger charge is 2.44. The summed E-state index contributed by atoms with van der Waals surface area (Å²) in [5.74, 6) is 2.35. The Kier molecular flexibility index (Phi) is 5.33. The first-order valence-corrected chi connectivity index (χ1v) is 11.5. The lowest BCUT2D eigenvalue weighted by molar-refractivity contribution is 0.0587. The zero-order valence-electron chi connectivity index (χ0n) is 20.0. The van der Waals surface area contributed by atoms with E-state index in [1.54, 1.807) is 24.3 Å². The van der Waals surface area contributed by atoms with Crippen LogP contribution in [0.25, 0.3) is 5.65 Å². The van der Waals surface area contributed by atoms with Gasteiger partial charge in [0.25, 0.3) is 5.56 Å². The molecule has 0 aliphatic carbocycles. The predicted molar refractivity (Wildman–Crippen MR) is 137 cm³/mol. The Hall–Kier alpha value is -3.10. The van der Waals surface area contributed by atoms with Crippen molar-refractivity contribution in [2.24, 2.45) is 0 Å². The second kappa shape index (κ2) is 7.99. The van der Waals surface area contributed by atoms with E-state index in [1.165, 1.54) is 16.8 Å².